The van der Waals surface area contributed by atoms with Gasteiger partial charge in [0.15, 0.2) is 5.69 Å². The molecule has 25 heavy (non-hydrogen) atoms. The Bertz CT molecular complexity index is 790. The van der Waals surface area contributed by atoms with Gasteiger partial charge in [0, 0.05) is 6.07 Å². The zero-order valence-electron chi connectivity index (χ0n) is 15.5. The van der Waals surface area contributed by atoms with Gasteiger partial charge in [-0.1, -0.05) is 65.0 Å². The number of benzene rings is 2. The maximum absolute atomic E-state index is 11.1. The lowest BCUT2D eigenvalue weighted by Gasteiger charge is -2.33. The van der Waals surface area contributed by atoms with Crippen LogP contribution in [0.15, 0.2) is 58.8 Å². The molecule has 0 bridgehead atoms. The largest absolute Gasteiger partial charge is 0.296 e. The summed E-state index contributed by atoms with van der Waals surface area (Å²) in [4.78, 5) is 10.7. The van der Waals surface area contributed by atoms with Crippen molar-refractivity contribution in [3.63, 3.8) is 0 Å². The molecule has 0 amide bonds. The molecule has 132 valence electrons. The first-order chi connectivity index (χ1) is 11.6. The summed E-state index contributed by atoms with van der Waals surface area (Å²) in [6.07, 6.45) is 0.984. The van der Waals surface area contributed by atoms with Crippen LogP contribution >= 0.6 is 0 Å². The average molecular weight is 339 g/mol. The molecule has 0 radical (unpaired) electrons. The normalized spacial score (nSPS) is 12.5. The van der Waals surface area contributed by atoms with Crippen LogP contribution in [0.1, 0.15) is 46.6 Å². The lowest BCUT2D eigenvalue weighted by Crippen LogP contribution is -2.24. The lowest BCUT2D eigenvalue weighted by molar-refractivity contribution is -0.384. The van der Waals surface area contributed by atoms with Gasteiger partial charge in [-0.25, -0.2) is 0 Å². The van der Waals surface area contributed by atoms with Crippen molar-refractivity contribution in [2.24, 2.45) is 15.6 Å². The summed E-state index contributed by atoms with van der Waals surface area (Å²) in [6.45, 7) is 11.0. The van der Waals surface area contributed by atoms with Crippen molar-refractivity contribution in [1.82, 2.24) is 0 Å². The maximum atomic E-state index is 11.1. The number of nitro benzene ring substituents is 1. The van der Waals surface area contributed by atoms with Gasteiger partial charge in [0.2, 0.25) is 0 Å². The third-order valence-corrected chi connectivity index (χ3v) is 3.95. The third-order valence-electron chi connectivity index (χ3n) is 3.95. The Morgan fingerprint density at radius 3 is 2.00 bits per heavy atom. The first-order valence-electron chi connectivity index (χ1n) is 8.35. The van der Waals surface area contributed by atoms with Gasteiger partial charge < -0.3 is 0 Å². The minimum Gasteiger partial charge on any atom is -0.258 e. The van der Waals surface area contributed by atoms with Crippen molar-refractivity contribution < 1.29 is 4.92 Å². The van der Waals surface area contributed by atoms with Gasteiger partial charge in [-0.2, -0.15) is 5.11 Å². The first kappa shape index (κ1) is 18.8. The van der Waals surface area contributed by atoms with E-state index < -0.39 is 4.92 Å². The van der Waals surface area contributed by atoms with Crippen molar-refractivity contribution >= 4 is 17.1 Å². The van der Waals surface area contributed by atoms with Crippen LogP contribution in [0.3, 0.4) is 0 Å². The Morgan fingerprint density at radius 2 is 1.40 bits per heavy atom. The molecular formula is C20H25N3O2. The number of nitrogens with zero attached hydrogens (tertiary/aromatic N) is 3. The van der Waals surface area contributed by atoms with E-state index in [4.69, 9.17) is 0 Å². The predicted octanol–water partition coefficient (Wildman–Crippen LogP) is 6.72. The number of para-hydroxylation sites is 1. The van der Waals surface area contributed by atoms with E-state index >= 15 is 0 Å². The highest BCUT2D eigenvalue weighted by molar-refractivity contribution is 5.57. The molecule has 0 aliphatic carbocycles. The molecule has 0 spiro atoms. The smallest absolute Gasteiger partial charge is 0.258 e. The van der Waals surface area contributed by atoms with Gasteiger partial charge in [-0.05, 0) is 34.9 Å². The summed E-state index contributed by atoms with van der Waals surface area (Å²) in [5, 5.41) is 19.6. The SMILES string of the molecule is CC(C)(C)CC(C)(C)c1ccccc1N=Nc1ccccc1[N+](=O)[O-]. The second kappa shape index (κ2) is 7.13. The molecule has 0 saturated heterocycles. The van der Waals surface area contributed by atoms with Crippen LogP contribution in [0.5, 0.6) is 0 Å². The van der Waals surface area contributed by atoms with Crippen LogP contribution in [0, 0.1) is 15.5 Å². The Hall–Kier alpha value is -2.56. The highest BCUT2D eigenvalue weighted by Crippen LogP contribution is 2.40. The van der Waals surface area contributed by atoms with E-state index in [9.17, 15) is 10.1 Å². The fraction of sp³-hybridized carbons (Fsp3) is 0.400. The molecule has 0 unspecified atom stereocenters. The molecule has 0 saturated carbocycles. The molecule has 0 fully saturated rings. The van der Waals surface area contributed by atoms with Crippen LogP contribution < -0.4 is 0 Å². The quantitative estimate of drug-likeness (QED) is 0.344. The van der Waals surface area contributed by atoms with E-state index in [0.29, 0.717) is 0 Å². The van der Waals surface area contributed by atoms with Crippen LogP contribution in [0.4, 0.5) is 17.1 Å². The molecule has 0 atom stereocenters. The zero-order chi connectivity index (χ0) is 18.7. The Kier molecular flexibility index (Phi) is 5.36. The fourth-order valence-corrected chi connectivity index (χ4v) is 3.37. The second-order valence-electron chi connectivity index (χ2n) is 8.08. The molecule has 5 nitrogen and oxygen atoms in total. The van der Waals surface area contributed by atoms with Gasteiger partial charge >= 0.3 is 0 Å². The van der Waals surface area contributed by atoms with Crippen LogP contribution in [0.2, 0.25) is 0 Å². The van der Waals surface area contributed by atoms with Crippen LogP contribution in [0.25, 0.3) is 0 Å². The van der Waals surface area contributed by atoms with E-state index in [1.165, 1.54) is 6.07 Å². The molecule has 2 rings (SSSR count). The van der Waals surface area contributed by atoms with Crippen molar-refractivity contribution in [2.45, 2.75) is 46.5 Å². The van der Waals surface area contributed by atoms with Gasteiger partial charge in [-0.3, -0.25) is 10.1 Å². The lowest BCUT2D eigenvalue weighted by atomic mass is 9.72. The van der Waals surface area contributed by atoms with E-state index in [0.717, 1.165) is 17.7 Å². The van der Waals surface area contributed by atoms with Crippen molar-refractivity contribution in [3.05, 3.63) is 64.2 Å². The number of hydrogen-bond donors (Lipinski definition) is 0. The van der Waals surface area contributed by atoms with E-state index in [1.54, 1.807) is 18.2 Å². The Morgan fingerprint density at radius 1 is 0.880 bits per heavy atom. The van der Waals surface area contributed by atoms with Gasteiger partial charge in [-0.15, -0.1) is 5.11 Å². The number of hydrogen-bond acceptors (Lipinski definition) is 4. The minimum atomic E-state index is -0.441. The monoisotopic (exact) mass is 339 g/mol. The number of azo groups is 1. The minimum absolute atomic E-state index is 0.0438. The highest BCUT2D eigenvalue weighted by Gasteiger charge is 2.29. The summed E-state index contributed by atoms with van der Waals surface area (Å²) < 4.78 is 0. The fourth-order valence-electron chi connectivity index (χ4n) is 3.37. The second-order valence-corrected chi connectivity index (χ2v) is 8.08. The van der Waals surface area contributed by atoms with Gasteiger partial charge in [0.1, 0.15) is 0 Å². The molecule has 0 aromatic heterocycles. The molecule has 0 aliphatic heterocycles. The predicted molar refractivity (Wildman–Crippen MR) is 101 cm³/mol. The zero-order valence-corrected chi connectivity index (χ0v) is 15.5. The summed E-state index contributed by atoms with van der Waals surface area (Å²) in [5.74, 6) is 0. The Balaban J connectivity index is 2.41. The van der Waals surface area contributed by atoms with Crippen molar-refractivity contribution in [1.29, 1.82) is 0 Å². The summed E-state index contributed by atoms with van der Waals surface area (Å²) in [7, 11) is 0. The Labute approximate surface area is 149 Å². The van der Waals surface area contributed by atoms with Crippen molar-refractivity contribution in [3.8, 4) is 0 Å². The van der Waals surface area contributed by atoms with E-state index in [-0.39, 0.29) is 22.2 Å². The molecule has 5 heteroatoms. The van der Waals surface area contributed by atoms with Gasteiger partial charge in [0.25, 0.3) is 5.69 Å². The van der Waals surface area contributed by atoms with E-state index in [1.807, 2.05) is 18.2 Å². The first-order valence-corrected chi connectivity index (χ1v) is 8.35. The maximum Gasteiger partial charge on any atom is 0.296 e. The molecule has 2 aromatic rings. The summed E-state index contributed by atoms with van der Waals surface area (Å²) in [5.41, 5.74) is 2.14. The highest BCUT2D eigenvalue weighted by atomic mass is 16.6. The molecule has 2 aromatic carbocycles. The molecule has 0 aliphatic rings. The number of nitro groups is 1. The average Bonchev–Trinajstić information content (AvgIpc) is 2.51. The number of rotatable bonds is 5. The molecule has 0 heterocycles. The summed E-state index contributed by atoms with van der Waals surface area (Å²) >= 11 is 0. The van der Waals surface area contributed by atoms with Crippen LogP contribution in [-0.4, -0.2) is 4.92 Å². The topological polar surface area (TPSA) is 67.9 Å². The molecule has 0 N–H and O–H groups in total. The molecular weight excluding hydrogens is 314 g/mol. The summed E-state index contributed by atoms with van der Waals surface area (Å²) in [6, 6.07) is 14.2. The van der Waals surface area contributed by atoms with E-state index in [2.05, 4.69) is 50.9 Å². The van der Waals surface area contributed by atoms with Gasteiger partial charge in [0.05, 0.1) is 10.6 Å². The third kappa shape index (κ3) is 4.95. The van der Waals surface area contributed by atoms with Crippen LogP contribution in [-0.2, 0) is 5.41 Å². The standard InChI is InChI=1S/C20H25N3O2/c1-19(2,3)14-20(4,5)15-10-6-7-11-16(15)21-22-17-12-8-9-13-18(17)23(24)25/h6-13H,14H2,1-5H3. The van der Waals surface area contributed by atoms with Crippen molar-refractivity contribution in [2.75, 3.05) is 0 Å².